The molecule has 1 aromatic rings. The first kappa shape index (κ1) is 13.3. The van der Waals surface area contributed by atoms with Gasteiger partial charge in [-0.2, -0.15) is 5.10 Å². The normalized spacial score (nSPS) is 25.8. The second-order valence-corrected chi connectivity index (χ2v) is 6.31. The molecule has 7 nitrogen and oxygen atoms in total. The van der Waals surface area contributed by atoms with E-state index in [9.17, 15) is 14.7 Å². The molecule has 2 unspecified atom stereocenters. The summed E-state index contributed by atoms with van der Waals surface area (Å²) in [5.74, 6) is -0.0530. The van der Waals surface area contributed by atoms with Gasteiger partial charge in [0.1, 0.15) is 6.04 Å². The Morgan fingerprint density at radius 1 is 1.50 bits per heavy atom. The van der Waals surface area contributed by atoms with Crippen molar-refractivity contribution >= 4 is 29.4 Å². The molecule has 2 N–H and O–H groups in total. The Morgan fingerprint density at radius 3 is 2.80 bits per heavy atom. The predicted octanol–water partition coefficient (Wildman–Crippen LogP) is 1.19. The first-order valence-electron chi connectivity index (χ1n) is 6.48. The van der Waals surface area contributed by atoms with Gasteiger partial charge in [0, 0.05) is 19.0 Å². The molecule has 0 aromatic carbocycles. The van der Waals surface area contributed by atoms with E-state index >= 15 is 0 Å². The van der Waals surface area contributed by atoms with Crippen molar-refractivity contribution in [2.24, 2.45) is 13.0 Å². The number of aryl methyl sites for hydroxylation is 1. The number of carbonyl (C=O) groups excluding carboxylic acids is 1. The maximum atomic E-state index is 12.4. The lowest BCUT2D eigenvalue weighted by Crippen LogP contribution is -2.48. The SMILES string of the molecule is Cn1cc(NC(=O)N2C(C(=O)O)CSC2C2CC2)cn1. The Bertz CT molecular complexity index is 543. The van der Waals surface area contributed by atoms with Gasteiger partial charge in [-0.1, -0.05) is 0 Å². The van der Waals surface area contributed by atoms with E-state index in [-0.39, 0.29) is 11.4 Å². The minimum Gasteiger partial charge on any atom is -0.480 e. The summed E-state index contributed by atoms with van der Waals surface area (Å²) < 4.78 is 1.58. The number of hydrogen-bond donors (Lipinski definition) is 2. The van der Waals surface area contributed by atoms with E-state index in [2.05, 4.69) is 10.4 Å². The van der Waals surface area contributed by atoms with Gasteiger partial charge in [0.05, 0.1) is 17.3 Å². The maximum absolute atomic E-state index is 12.4. The summed E-state index contributed by atoms with van der Waals surface area (Å²) in [7, 11) is 1.76. The monoisotopic (exact) mass is 296 g/mol. The van der Waals surface area contributed by atoms with Crippen LogP contribution in [0.2, 0.25) is 0 Å². The Hall–Kier alpha value is -1.70. The lowest BCUT2D eigenvalue weighted by Gasteiger charge is -2.27. The average molecular weight is 296 g/mol. The average Bonchev–Trinajstić information content (AvgIpc) is 3.00. The van der Waals surface area contributed by atoms with Crippen LogP contribution in [-0.4, -0.2) is 49.0 Å². The van der Waals surface area contributed by atoms with E-state index < -0.39 is 12.0 Å². The fraction of sp³-hybridized carbons (Fsp3) is 0.583. The van der Waals surface area contributed by atoms with Crippen molar-refractivity contribution in [3.63, 3.8) is 0 Å². The van der Waals surface area contributed by atoms with Gasteiger partial charge in [0.25, 0.3) is 0 Å². The third-order valence-electron chi connectivity index (χ3n) is 3.54. The highest BCUT2D eigenvalue weighted by atomic mass is 32.2. The van der Waals surface area contributed by atoms with E-state index in [0.717, 1.165) is 12.8 Å². The number of amides is 2. The summed E-state index contributed by atoms with van der Waals surface area (Å²) in [6, 6.07) is -1.10. The van der Waals surface area contributed by atoms with Gasteiger partial charge < -0.3 is 10.4 Å². The van der Waals surface area contributed by atoms with Crippen molar-refractivity contribution in [1.82, 2.24) is 14.7 Å². The van der Waals surface area contributed by atoms with Crippen molar-refractivity contribution < 1.29 is 14.7 Å². The zero-order valence-corrected chi connectivity index (χ0v) is 11.8. The van der Waals surface area contributed by atoms with Crippen molar-refractivity contribution in [2.45, 2.75) is 24.3 Å². The van der Waals surface area contributed by atoms with Crippen LogP contribution in [0.25, 0.3) is 0 Å². The van der Waals surface area contributed by atoms with Crippen molar-refractivity contribution in [1.29, 1.82) is 0 Å². The van der Waals surface area contributed by atoms with Crippen LogP contribution in [0.15, 0.2) is 12.4 Å². The molecular weight excluding hydrogens is 280 g/mol. The van der Waals surface area contributed by atoms with Gasteiger partial charge in [0.15, 0.2) is 0 Å². The second kappa shape index (κ2) is 5.01. The number of carbonyl (C=O) groups is 2. The molecule has 1 aromatic heterocycles. The largest absolute Gasteiger partial charge is 0.480 e. The van der Waals surface area contributed by atoms with Gasteiger partial charge in [-0.05, 0) is 18.8 Å². The molecule has 0 bridgehead atoms. The zero-order chi connectivity index (χ0) is 14.3. The number of rotatable bonds is 3. The van der Waals surface area contributed by atoms with Crippen LogP contribution in [0.3, 0.4) is 0 Å². The Kier molecular flexibility index (Phi) is 3.33. The van der Waals surface area contributed by atoms with E-state index in [4.69, 9.17) is 0 Å². The van der Waals surface area contributed by atoms with Crippen LogP contribution in [0.5, 0.6) is 0 Å². The molecule has 1 aliphatic carbocycles. The van der Waals surface area contributed by atoms with Crippen LogP contribution in [-0.2, 0) is 11.8 Å². The lowest BCUT2D eigenvalue weighted by atomic mass is 10.2. The molecule has 1 aliphatic heterocycles. The van der Waals surface area contributed by atoms with Gasteiger partial charge in [-0.25, -0.2) is 9.59 Å². The third-order valence-corrected chi connectivity index (χ3v) is 5.00. The topological polar surface area (TPSA) is 87.5 Å². The van der Waals surface area contributed by atoms with Crippen molar-refractivity contribution in [2.75, 3.05) is 11.1 Å². The highest BCUT2D eigenvalue weighted by Crippen LogP contribution is 2.45. The van der Waals surface area contributed by atoms with Gasteiger partial charge in [-0.15, -0.1) is 11.8 Å². The number of urea groups is 1. The van der Waals surface area contributed by atoms with Gasteiger partial charge in [0.2, 0.25) is 0 Å². The first-order chi connectivity index (χ1) is 9.56. The molecule has 0 spiro atoms. The summed E-state index contributed by atoms with van der Waals surface area (Å²) in [5, 5.41) is 16.0. The molecule has 1 saturated carbocycles. The maximum Gasteiger partial charge on any atom is 0.327 e. The number of aromatic nitrogens is 2. The van der Waals surface area contributed by atoms with E-state index in [0.29, 0.717) is 17.4 Å². The number of aliphatic carboxylic acids is 1. The van der Waals surface area contributed by atoms with Crippen molar-refractivity contribution in [3.05, 3.63) is 12.4 Å². The number of thioether (sulfide) groups is 1. The molecule has 0 radical (unpaired) electrons. The number of carboxylic acids is 1. The summed E-state index contributed by atoms with van der Waals surface area (Å²) >= 11 is 1.57. The standard InChI is InChI=1S/C12H16N4O3S/c1-15-5-8(4-13-15)14-12(19)16-9(11(17)18)6-20-10(16)7-2-3-7/h4-5,7,9-10H,2-3,6H2,1H3,(H,14,19)(H,17,18). The van der Waals surface area contributed by atoms with E-state index in [1.807, 2.05) is 0 Å². The second-order valence-electron chi connectivity index (χ2n) is 5.16. The van der Waals surface area contributed by atoms with Crippen LogP contribution in [0.4, 0.5) is 10.5 Å². The molecule has 1 saturated heterocycles. The highest BCUT2D eigenvalue weighted by Gasteiger charge is 2.48. The lowest BCUT2D eigenvalue weighted by molar-refractivity contribution is -0.141. The fourth-order valence-corrected chi connectivity index (χ4v) is 4.02. The van der Waals surface area contributed by atoms with E-state index in [1.54, 1.807) is 35.9 Å². The molecule has 2 fully saturated rings. The number of nitrogens with one attached hydrogen (secondary N) is 1. The van der Waals surface area contributed by atoms with Crippen LogP contribution >= 0.6 is 11.8 Å². The van der Waals surface area contributed by atoms with Gasteiger partial charge >= 0.3 is 12.0 Å². The minimum atomic E-state index is -0.943. The molecule has 3 rings (SSSR count). The van der Waals surface area contributed by atoms with Gasteiger partial charge in [-0.3, -0.25) is 9.58 Å². The summed E-state index contributed by atoms with van der Waals surface area (Å²) in [6.07, 6.45) is 5.37. The Labute approximate surface area is 120 Å². The molecule has 2 aliphatic rings. The predicted molar refractivity (Wildman–Crippen MR) is 74.5 cm³/mol. The number of anilines is 1. The number of nitrogens with zero attached hydrogens (tertiary/aromatic N) is 3. The quantitative estimate of drug-likeness (QED) is 0.875. The molecule has 108 valence electrons. The van der Waals surface area contributed by atoms with E-state index in [1.165, 1.54) is 4.90 Å². The summed E-state index contributed by atoms with van der Waals surface area (Å²) in [5.41, 5.74) is 0.577. The third kappa shape index (κ3) is 2.47. The molecule has 20 heavy (non-hydrogen) atoms. The molecule has 2 heterocycles. The minimum absolute atomic E-state index is 0.0206. The molecular formula is C12H16N4O3S. The number of carboxylic acid groups (broad SMARTS) is 1. The zero-order valence-electron chi connectivity index (χ0n) is 11.0. The molecule has 2 atom stereocenters. The number of hydrogen-bond acceptors (Lipinski definition) is 4. The summed E-state index contributed by atoms with van der Waals surface area (Å²) in [6.45, 7) is 0. The fourth-order valence-electron chi connectivity index (χ4n) is 2.39. The van der Waals surface area contributed by atoms with Crippen LogP contribution in [0.1, 0.15) is 12.8 Å². The first-order valence-corrected chi connectivity index (χ1v) is 7.53. The van der Waals surface area contributed by atoms with Crippen LogP contribution < -0.4 is 5.32 Å². The van der Waals surface area contributed by atoms with Crippen LogP contribution in [0, 0.1) is 5.92 Å². The Morgan fingerprint density at radius 2 is 2.25 bits per heavy atom. The summed E-state index contributed by atoms with van der Waals surface area (Å²) in [4.78, 5) is 25.2. The highest BCUT2D eigenvalue weighted by molar-refractivity contribution is 8.00. The molecule has 8 heteroatoms. The smallest absolute Gasteiger partial charge is 0.327 e. The Balaban J connectivity index is 1.76. The molecule has 2 amide bonds. The van der Waals surface area contributed by atoms with Crippen molar-refractivity contribution in [3.8, 4) is 0 Å².